The first-order chi connectivity index (χ1) is 7.79. The zero-order valence-electron chi connectivity index (χ0n) is 10.9. The number of rotatable bonds is 5. The van der Waals surface area contributed by atoms with Crippen molar-refractivity contribution >= 4 is 12.1 Å². The third-order valence-electron chi connectivity index (χ3n) is 1.24. The Morgan fingerprint density at radius 2 is 1.41 bits per heavy atom. The molecule has 0 aromatic heterocycles. The Kier molecular flexibility index (Phi) is 11.5. The minimum Gasteiger partial charge on any atom is -0.478 e. The molecule has 0 saturated heterocycles. The predicted molar refractivity (Wildman–Crippen MR) is 64.8 cm³/mol. The standard InChI is InChI=1S/C9H18O3.C3H4O2/c1-7(2)5-11-9(10)12-6-8(3)4;1-2-3(4)5/h7-8H,5-6H2,1-4H3;2H,1H2,(H,4,5). The fraction of sp³-hybridized carbons (Fsp3) is 0.667. The number of hydrogen-bond acceptors (Lipinski definition) is 4. The Hall–Kier alpha value is -1.52. The third-order valence-corrected chi connectivity index (χ3v) is 1.24. The van der Waals surface area contributed by atoms with E-state index in [2.05, 4.69) is 6.58 Å². The molecule has 0 fully saturated rings. The van der Waals surface area contributed by atoms with Crippen LogP contribution in [0.4, 0.5) is 4.79 Å². The Bertz CT molecular complexity index is 219. The van der Waals surface area contributed by atoms with Crippen molar-refractivity contribution in [3.63, 3.8) is 0 Å². The Labute approximate surface area is 102 Å². The summed E-state index contributed by atoms with van der Waals surface area (Å²) in [6.45, 7) is 11.7. The lowest BCUT2D eigenvalue weighted by molar-refractivity contribution is -0.131. The van der Waals surface area contributed by atoms with E-state index in [1.54, 1.807) is 0 Å². The van der Waals surface area contributed by atoms with Gasteiger partial charge in [-0.05, 0) is 11.8 Å². The second kappa shape index (κ2) is 11.0. The molecule has 5 nitrogen and oxygen atoms in total. The quantitative estimate of drug-likeness (QED) is 0.596. The molecule has 0 atom stereocenters. The topological polar surface area (TPSA) is 72.8 Å². The maximum atomic E-state index is 10.8. The number of carboxylic acids is 1. The molecule has 0 saturated carbocycles. The van der Waals surface area contributed by atoms with Crippen LogP contribution in [0.1, 0.15) is 27.7 Å². The highest BCUT2D eigenvalue weighted by atomic mass is 16.7. The summed E-state index contributed by atoms with van der Waals surface area (Å²) >= 11 is 0. The van der Waals surface area contributed by atoms with Gasteiger partial charge < -0.3 is 14.6 Å². The predicted octanol–water partition coefficient (Wildman–Crippen LogP) is 2.71. The van der Waals surface area contributed by atoms with Gasteiger partial charge in [0.2, 0.25) is 0 Å². The van der Waals surface area contributed by atoms with Gasteiger partial charge in [0, 0.05) is 6.08 Å². The van der Waals surface area contributed by atoms with E-state index in [0.29, 0.717) is 25.0 Å². The van der Waals surface area contributed by atoms with Gasteiger partial charge >= 0.3 is 12.1 Å². The summed E-state index contributed by atoms with van der Waals surface area (Å²) < 4.78 is 9.59. The van der Waals surface area contributed by atoms with Gasteiger partial charge in [-0.1, -0.05) is 34.3 Å². The van der Waals surface area contributed by atoms with Gasteiger partial charge in [-0.25, -0.2) is 9.59 Å². The zero-order chi connectivity index (χ0) is 13.8. The van der Waals surface area contributed by atoms with E-state index in [4.69, 9.17) is 14.6 Å². The van der Waals surface area contributed by atoms with Crippen LogP contribution in [-0.4, -0.2) is 30.4 Å². The lowest BCUT2D eigenvalue weighted by Crippen LogP contribution is -2.14. The molecule has 0 aromatic carbocycles. The molecule has 0 aliphatic rings. The molecule has 100 valence electrons. The first-order valence-electron chi connectivity index (χ1n) is 5.44. The molecule has 0 unspecified atom stereocenters. The van der Waals surface area contributed by atoms with E-state index >= 15 is 0 Å². The smallest absolute Gasteiger partial charge is 0.478 e. The van der Waals surface area contributed by atoms with Gasteiger partial charge in [0.1, 0.15) is 0 Å². The first kappa shape index (κ1) is 17.9. The maximum Gasteiger partial charge on any atom is 0.508 e. The van der Waals surface area contributed by atoms with Crippen LogP contribution in [0.3, 0.4) is 0 Å². The van der Waals surface area contributed by atoms with Crippen LogP contribution in [-0.2, 0) is 14.3 Å². The number of carbonyl (C=O) groups excluding carboxylic acids is 1. The Morgan fingerprint density at radius 3 is 1.59 bits per heavy atom. The highest BCUT2D eigenvalue weighted by Gasteiger charge is 2.05. The van der Waals surface area contributed by atoms with Gasteiger partial charge in [0.25, 0.3) is 0 Å². The highest BCUT2D eigenvalue weighted by molar-refractivity contribution is 5.78. The van der Waals surface area contributed by atoms with Crippen molar-refractivity contribution < 1.29 is 24.2 Å². The number of hydrogen-bond donors (Lipinski definition) is 1. The molecule has 0 radical (unpaired) electrons. The SMILES string of the molecule is C=CC(=O)O.CC(C)COC(=O)OCC(C)C. The molecule has 0 heterocycles. The lowest BCUT2D eigenvalue weighted by atomic mass is 10.2. The number of ether oxygens (including phenoxy) is 2. The molecule has 0 aromatic rings. The second-order valence-corrected chi connectivity index (χ2v) is 4.20. The largest absolute Gasteiger partial charge is 0.508 e. The average molecular weight is 246 g/mol. The van der Waals surface area contributed by atoms with E-state index in [1.165, 1.54) is 0 Å². The summed E-state index contributed by atoms with van der Waals surface area (Å²) in [4.78, 5) is 20.1. The minimum absolute atomic E-state index is 0.358. The molecule has 1 N–H and O–H groups in total. The summed E-state index contributed by atoms with van der Waals surface area (Å²) in [5.41, 5.74) is 0. The van der Waals surface area contributed by atoms with Gasteiger partial charge in [-0.2, -0.15) is 0 Å². The molecule has 0 aliphatic carbocycles. The van der Waals surface area contributed by atoms with Crippen molar-refractivity contribution in [2.45, 2.75) is 27.7 Å². The second-order valence-electron chi connectivity index (χ2n) is 4.20. The molecule has 0 spiro atoms. The van der Waals surface area contributed by atoms with E-state index in [9.17, 15) is 9.59 Å². The molecular formula is C12H22O5. The molecule has 0 aliphatic heterocycles. The molecule has 17 heavy (non-hydrogen) atoms. The highest BCUT2D eigenvalue weighted by Crippen LogP contribution is 1.97. The zero-order valence-corrected chi connectivity index (χ0v) is 10.9. The fourth-order valence-electron chi connectivity index (χ4n) is 0.511. The molecular weight excluding hydrogens is 224 g/mol. The number of aliphatic carboxylic acids is 1. The van der Waals surface area contributed by atoms with E-state index in [-0.39, 0.29) is 0 Å². The third kappa shape index (κ3) is 20.5. The Morgan fingerprint density at radius 1 is 1.12 bits per heavy atom. The summed E-state index contributed by atoms with van der Waals surface area (Å²) in [6.07, 6.45) is 0.275. The van der Waals surface area contributed by atoms with Crippen LogP contribution in [0.25, 0.3) is 0 Å². The fourth-order valence-corrected chi connectivity index (χ4v) is 0.511. The monoisotopic (exact) mass is 246 g/mol. The molecule has 0 bridgehead atoms. The van der Waals surface area contributed by atoms with E-state index in [1.807, 2.05) is 27.7 Å². The maximum absolute atomic E-state index is 10.8. The molecule has 0 amide bonds. The van der Waals surface area contributed by atoms with Crippen molar-refractivity contribution in [1.82, 2.24) is 0 Å². The van der Waals surface area contributed by atoms with Gasteiger partial charge in [0.05, 0.1) is 13.2 Å². The van der Waals surface area contributed by atoms with Crippen LogP contribution in [0.5, 0.6) is 0 Å². The van der Waals surface area contributed by atoms with Crippen LogP contribution >= 0.6 is 0 Å². The molecule has 0 rings (SSSR count). The normalized spacial score (nSPS) is 9.29. The van der Waals surface area contributed by atoms with E-state index in [0.717, 1.165) is 6.08 Å². The summed E-state index contributed by atoms with van der Waals surface area (Å²) in [6, 6.07) is 0. The molecule has 5 heteroatoms. The summed E-state index contributed by atoms with van der Waals surface area (Å²) in [5.74, 6) is -0.266. The minimum atomic E-state index is -0.981. The van der Waals surface area contributed by atoms with Crippen LogP contribution in [0, 0.1) is 11.8 Å². The van der Waals surface area contributed by atoms with Crippen LogP contribution < -0.4 is 0 Å². The summed E-state index contributed by atoms with van der Waals surface area (Å²) in [7, 11) is 0. The van der Waals surface area contributed by atoms with Gasteiger partial charge in [0.15, 0.2) is 0 Å². The average Bonchev–Trinajstić information content (AvgIpc) is 2.24. The van der Waals surface area contributed by atoms with Crippen molar-refractivity contribution in [3.05, 3.63) is 12.7 Å². The van der Waals surface area contributed by atoms with E-state index < -0.39 is 12.1 Å². The Balaban J connectivity index is 0. The van der Waals surface area contributed by atoms with Crippen molar-refractivity contribution in [2.24, 2.45) is 11.8 Å². The van der Waals surface area contributed by atoms with Gasteiger partial charge in [-0.3, -0.25) is 0 Å². The summed E-state index contributed by atoms with van der Waals surface area (Å²) in [5, 5.41) is 7.60. The van der Waals surface area contributed by atoms with Gasteiger partial charge in [-0.15, -0.1) is 0 Å². The number of carboxylic acid groups (broad SMARTS) is 1. The first-order valence-corrected chi connectivity index (χ1v) is 5.44. The van der Waals surface area contributed by atoms with Crippen LogP contribution in [0.15, 0.2) is 12.7 Å². The van der Waals surface area contributed by atoms with Crippen molar-refractivity contribution in [1.29, 1.82) is 0 Å². The van der Waals surface area contributed by atoms with Crippen LogP contribution in [0.2, 0.25) is 0 Å². The van der Waals surface area contributed by atoms with Crippen molar-refractivity contribution in [2.75, 3.05) is 13.2 Å². The number of carbonyl (C=O) groups is 2. The van der Waals surface area contributed by atoms with Crippen molar-refractivity contribution in [3.8, 4) is 0 Å². The lowest BCUT2D eigenvalue weighted by Gasteiger charge is -2.08.